The van der Waals surface area contributed by atoms with E-state index in [1.54, 1.807) is 20.5 Å². The second kappa shape index (κ2) is 5.51. The van der Waals surface area contributed by atoms with Gasteiger partial charge in [0, 0.05) is 50.4 Å². The number of nitrogens with zero attached hydrogens (tertiary/aromatic N) is 4. The molecule has 120 valence electrons. The van der Waals surface area contributed by atoms with E-state index in [0.29, 0.717) is 25.5 Å². The Balaban J connectivity index is 1.47. The highest BCUT2D eigenvalue weighted by molar-refractivity contribution is 5.88. The Morgan fingerprint density at radius 1 is 1.41 bits per heavy atom. The van der Waals surface area contributed by atoms with E-state index in [9.17, 15) is 9.59 Å². The Bertz CT molecular complexity index is 574. The van der Waals surface area contributed by atoms with Gasteiger partial charge in [-0.25, -0.2) is 9.59 Å². The average Bonchev–Trinajstić information content (AvgIpc) is 3.02. The van der Waals surface area contributed by atoms with Crippen molar-refractivity contribution in [2.45, 2.75) is 20.4 Å². The Labute approximate surface area is 129 Å². The molecule has 2 aliphatic heterocycles. The van der Waals surface area contributed by atoms with Crippen LogP contribution in [0.4, 0.5) is 15.4 Å². The first-order valence-electron chi connectivity index (χ1n) is 7.55. The second-order valence-electron chi connectivity index (χ2n) is 6.63. The van der Waals surface area contributed by atoms with Gasteiger partial charge in [-0.05, 0) is 0 Å². The van der Waals surface area contributed by atoms with E-state index in [1.807, 2.05) is 6.20 Å². The van der Waals surface area contributed by atoms with Gasteiger partial charge in [-0.15, -0.1) is 0 Å². The SMILES string of the molecule is CC1(C)CN(C(=O)Nc2ccn(CCN3CCNC3=O)n2)C1. The predicted molar refractivity (Wildman–Crippen MR) is 81.6 cm³/mol. The summed E-state index contributed by atoms with van der Waals surface area (Å²) < 4.78 is 1.74. The summed E-state index contributed by atoms with van der Waals surface area (Å²) in [5.74, 6) is 0.542. The number of carbonyl (C=O) groups excluding carboxylic acids is 2. The van der Waals surface area contributed by atoms with Crippen LogP contribution in [0.5, 0.6) is 0 Å². The quantitative estimate of drug-likeness (QED) is 0.862. The van der Waals surface area contributed by atoms with Crippen LogP contribution >= 0.6 is 0 Å². The molecule has 0 radical (unpaired) electrons. The molecule has 0 aromatic carbocycles. The number of hydrogen-bond donors (Lipinski definition) is 2. The van der Waals surface area contributed by atoms with E-state index >= 15 is 0 Å². The summed E-state index contributed by atoms with van der Waals surface area (Å²) in [6.07, 6.45) is 1.81. The number of amides is 4. The molecule has 0 atom stereocenters. The van der Waals surface area contributed by atoms with Gasteiger partial charge in [-0.1, -0.05) is 13.8 Å². The van der Waals surface area contributed by atoms with Gasteiger partial charge in [0.05, 0.1) is 6.54 Å². The van der Waals surface area contributed by atoms with Crippen molar-refractivity contribution in [3.63, 3.8) is 0 Å². The lowest BCUT2D eigenvalue weighted by molar-refractivity contribution is 0.0687. The van der Waals surface area contributed by atoms with Crippen LogP contribution < -0.4 is 10.6 Å². The molecule has 2 fully saturated rings. The largest absolute Gasteiger partial charge is 0.336 e. The summed E-state index contributed by atoms with van der Waals surface area (Å²) in [6.45, 7) is 8.47. The number of likely N-dealkylation sites (tertiary alicyclic amines) is 1. The first-order valence-corrected chi connectivity index (χ1v) is 7.55. The third kappa shape index (κ3) is 3.15. The van der Waals surface area contributed by atoms with E-state index in [0.717, 1.165) is 19.6 Å². The van der Waals surface area contributed by atoms with Crippen LogP contribution in [0.25, 0.3) is 0 Å². The summed E-state index contributed by atoms with van der Waals surface area (Å²) in [7, 11) is 0. The molecule has 1 aromatic rings. The molecule has 0 unspecified atom stereocenters. The maximum atomic E-state index is 12.0. The van der Waals surface area contributed by atoms with Crippen molar-refractivity contribution in [3.8, 4) is 0 Å². The van der Waals surface area contributed by atoms with Crippen molar-refractivity contribution in [3.05, 3.63) is 12.3 Å². The standard InChI is InChI=1S/C14H22N6O2/c1-14(2)9-19(10-14)13(22)16-11-3-5-20(17-11)8-7-18-6-4-15-12(18)21/h3,5H,4,6-10H2,1-2H3,(H,15,21)(H,16,17,22). The molecule has 0 bridgehead atoms. The molecule has 1 aromatic heterocycles. The van der Waals surface area contributed by atoms with Gasteiger partial charge < -0.3 is 15.1 Å². The lowest BCUT2D eigenvalue weighted by atomic mass is 9.85. The number of aromatic nitrogens is 2. The maximum Gasteiger partial charge on any atom is 0.323 e. The lowest BCUT2D eigenvalue weighted by Gasteiger charge is -2.45. The molecule has 3 heterocycles. The predicted octanol–water partition coefficient (Wildman–Crippen LogP) is 0.782. The molecule has 8 heteroatoms. The minimum atomic E-state index is -0.108. The third-order valence-corrected chi connectivity index (χ3v) is 3.94. The zero-order valence-electron chi connectivity index (χ0n) is 13.0. The van der Waals surface area contributed by atoms with Gasteiger partial charge in [-0.3, -0.25) is 10.00 Å². The number of carbonyl (C=O) groups is 2. The monoisotopic (exact) mass is 306 g/mol. The molecule has 8 nitrogen and oxygen atoms in total. The van der Waals surface area contributed by atoms with Crippen LogP contribution in [0.2, 0.25) is 0 Å². The highest BCUT2D eigenvalue weighted by atomic mass is 16.2. The first-order chi connectivity index (χ1) is 10.4. The molecule has 3 rings (SSSR count). The number of anilines is 1. The summed E-state index contributed by atoms with van der Waals surface area (Å²) in [5, 5.41) is 9.88. The third-order valence-electron chi connectivity index (χ3n) is 3.94. The van der Waals surface area contributed by atoms with E-state index in [2.05, 4.69) is 29.6 Å². The Hall–Kier alpha value is -2.25. The van der Waals surface area contributed by atoms with Gasteiger partial charge in [-0.2, -0.15) is 5.10 Å². The summed E-state index contributed by atoms with van der Waals surface area (Å²) in [4.78, 5) is 27.0. The minimum absolute atomic E-state index is 0.0268. The van der Waals surface area contributed by atoms with Crippen LogP contribution in [-0.2, 0) is 6.54 Å². The molecule has 2 N–H and O–H groups in total. The van der Waals surface area contributed by atoms with Gasteiger partial charge in [0.2, 0.25) is 0 Å². The number of hydrogen-bond acceptors (Lipinski definition) is 3. The van der Waals surface area contributed by atoms with Crippen molar-refractivity contribution in [2.75, 3.05) is 38.0 Å². The number of rotatable bonds is 4. The summed E-state index contributed by atoms with van der Waals surface area (Å²) in [5.41, 5.74) is 0.215. The topological polar surface area (TPSA) is 82.5 Å². The average molecular weight is 306 g/mol. The number of nitrogens with one attached hydrogen (secondary N) is 2. The Morgan fingerprint density at radius 2 is 2.18 bits per heavy atom. The van der Waals surface area contributed by atoms with Crippen molar-refractivity contribution >= 4 is 17.9 Å². The maximum absolute atomic E-state index is 12.0. The number of urea groups is 2. The van der Waals surface area contributed by atoms with Gasteiger partial charge >= 0.3 is 12.1 Å². The molecular formula is C14H22N6O2. The van der Waals surface area contributed by atoms with E-state index in [-0.39, 0.29) is 17.5 Å². The van der Waals surface area contributed by atoms with Gasteiger partial charge in [0.15, 0.2) is 5.82 Å². The zero-order chi connectivity index (χ0) is 15.7. The molecular weight excluding hydrogens is 284 g/mol. The van der Waals surface area contributed by atoms with Crippen molar-refractivity contribution in [1.29, 1.82) is 0 Å². The van der Waals surface area contributed by atoms with Crippen LogP contribution in [0.1, 0.15) is 13.8 Å². The van der Waals surface area contributed by atoms with Crippen LogP contribution in [0.3, 0.4) is 0 Å². The highest BCUT2D eigenvalue weighted by Crippen LogP contribution is 2.28. The van der Waals surface area contributed by atoms with E-state index in [1.165, 1.54) is 0 Å². The smallest absolute Gasteiger partial charge is 0.323 e. The van der Waals surface area contributed by atoms with E-state index < -0.39 is 0 Å². The molecule has 0 aliphatic carbocycles. The normalized spacial score (nSPS) is 19.8. The second-order valence-corrected chi connectivity index (χ2v) is 6.63. The Kier molecular flexibility index (Phi) is 3.67. The van der Waals surface area contributed by atoms with Crippen LogP contribution in [0.15, 0.2) is 12.3 Å². The summed E-state index contributed by atoms with van der Waals surface area (Å²) in [6, 6.07) is 1.64. The fourth-order valence-corrected chi connectivity index (χ4v) is 2.82. The molecule has 0 spiro atoms. The zero-order valence-corrected chi connectivity index (χ0v) is 13.0. The molecule has 2 aliphatic rings. The van der Waals surface area contributed by atoms with Gasteiger partial charge in [0.1, 0.15) is 0 Å². The van der Waals surface area contributed by atoms with Gasteiger partial charge in [0.25, 0.3) is 0 Å². The van der Waals surface area contributed by atoms with E-state index in [4.69, 9.17) is 0 Å². The minimum Gasteiger partial charge on any atom is -0.336 e. The Morgan fingerprint density at radius 3 is 2.82 bits per heavy atom. The molecule has 22 heavy (non-hydrogen) atoms. The van der Waals surface area contributed by atoms with Crippen molar-refractivity contribution in [1.82, 2.24) is 24.9 Å². The summed E-state index contributed by atoms with van der Waals surface area (Å²) >= 11 is 0. The fourth-order valence-electron chi connectivity index (χ4n) is 2.82. The van der Waals surface area contributed by atoms with Crippen molar-refractivity contribution in [2.24, 2.45) is 5.41 Å². The molecule has 2 saturated heterocycles. The van der Waals surface area contributed by atoms with Crippen LogP contribution in [0, 0.1) is 5.41 Å². The first kappa shape index (κ1) is 14.7. The van der Waals surface area contributed by atoms with Crippen LogP contribution in [-0.4, -0.2) is 64.4 Å². The lowest BCUT2D eigenvalue weighted by Crippen LogP contribution is -2.56. The highest BCUT2D eigenvalue weighted by Gasteiger charge is 2.37. The molecule has 4 amide bonds. The molecule has 0 saturated carbocycles. The van der Waals surface area contributed by atoms with Crippen molar-refractivity contribution < 1.29 is 9.59 Å². The fraction of sp³-hybridized carbons (Fsp3) is 0.643.